The number of carbonyl (C=O) groups is 3. The van der Waals surface area contributed by atoms with Gasteiger partial charge < -0.3 is 26.0 Å². The summed E-state index contributed by atoms with van der Waals surface area (Å²) >= 11 is 0. The number of anilines is 1. The Kier molecular flexibility index (Phi) is 5.56. The normalized spacial score (nSPS) is 17.1. The summed E-state index contributed by atoms with van der Waals surface area (Å²) in [6, 6.07) is 2.79. The van der Waals surface area contributed by atoms with E-state index in [2.05, 4.69) is 15.4 Å². The largest absolute Gasteiger partial charge is 0.453 e. The average molecular weight is 338 g/mol. The molecule has 9 heteroatoms. The van der Waals surface area contributed by atoms with Gasteiger partial charge in [0.25, 0.3) is 5.91 Å². The van der Waals surface area contributed by atoms with Gasteiger partial charge in [0.1, 0.15) is 5.82 Å². The fourth-order valence-corrected chi connectivity index (χ4v) is 2.53. The first-order chi connectivity index (χ1) is 11.4. The molecule has 1 aliphatic rings. The third-order valence-corrected chi connectivity index (χ3v) is 3.68. The maximum absolute atomic E-state index is 13.4. The summed E-state index contributed by atoms with van der Waals surface area (Å²) in [6.45, 7) is 0.919. The van der Waals surface area contributed by atoms with E-state index in [1.54, 1.807) is 0 Å². The van der Waals surface area contributed by atoms with Gasteiger partial charge >= 0.3 is 12.1 Å². The Morgan fingerprint density at radius 2 is 2.12 bits per heavy atom. The highest BCUT2D eigenvalue weighted by molar-refractivity contribution is 5.96. The van der Waals surface area contributed by atoms with Crippen LogP contribution in [0.4, 0.5) is 19.7 Å². The molecule has 4 N–H and O–H groups in total. The van der Waals surface area contributed by atoms with Gasteiger partial charge in [-0.15, -0.1) is 0 Å². The zero-order chi connectivity index (χ0) is 17.7. The number of likely N-dealkylation sites (tertiary alicyclic amines) is 1. The predicted molar refractivity (Wildman–Crippen MR) is 84.1 cm³/mol. The molecule has 1 aliphatic heterocycles. The molecule has 0 radical (unpaired) electrons. The van der Waals surface area contributed by atoms with E-state index in [9.17, 15) is 18.8 Å². The number of piperidine rings is 1. The summed E-state index contributed by atoms with van der Waals surface area (Å²) in [5.74, 6) is -1.67. The number of nitrogens with zero attached hydrogens (tertiary/aromatic N) is 1. The van der Waals surface area contributed by atoms with Crippen LogP contribution < -0.4 is 16.4 Å². The molecule has 1 saturated heterocycles. The Labute approximate surface area is 138 Å². The van der Waals surface area contributed by atoms with E-state index in [4.69, 9.17) is 5.73 Å². The monoisotopic (exact) mass is 338 g/mol. The van der Waals surface area contributed by atoms with Gasteiger partial charge in [0.2, 0.25) is 0 Å². The highest BCUT2D eigenvalue weighted by Crippen LogP contribution is 2.15. The van der Waals surface area contributed by atoms with Gasteiger partial charge in [-0.05, 0) is 31.0 Å². The summed E-state index contributed by atoms with van der Waals surface area (Å²) in [5, 5.41) is 5.24. The summed E-state index contributed by atoms with van der Waals surface area (Å²) in [6.07, 6.45) is 1.02. The number of hydrogen-bond donors (Lipinski definition) is 3. The van der Waals surface area contributed by atoms with Crippen molar-refractivity contribution in [3.8, 4) is 0 Å². The van der Waals surface area contributed by atoms with Gasteiger partial charge in [-0.1, -0.05) is 0 Å². The first kappa shape index (κ1) is 17.5. The van der Waals surface area contributed by atoms with E-state index >= 15 is 0 Å². The molecule has 24 heavy (non-hydrogen) atoms. The van der Waals surface area contributed by atoms with E-state index in [1.165, 1.54) is 24.1 Å². The van der Waals surface area contributed by atoms with Crippen molar-refractivity contribution in [2.24, 2.45) is 5.73 Å². The maximum Gasteiger partial charge on any atom is 0.409 e. The highest BCUT2D eigenvalue weighted by atomic mass is 19.1. The van der Waals surface area contributed by atoms with Crippen molar-refractivity contribution in [2.45, 2.75) is 18.9 Å². The van der Waals surface area contributed by atoms with Gasteiger partial charge in [0.15, 0.2) is 0 Å². The van der Waals surface area contributed by atoms with E-state index in [1.807, 2.05) is 0 Å². The number of nitrogens with one attached hydrogen (secondary N) is 2. The minimum absolute atomic E-state index is 0.228. The average Bonchev–Trinajstić information content (AvgIpc) is 2.55. The fraction of sp³-hybridized carbons (Fsp3) is 0.400. The number of urea groups is 1. The molecule has 2 rings (SSSR count). The third-order valence-electron chi connectivity index (χ3n) is 3.68. The quantitative estimate of drug-likeness (QED) is 0.770. The second-order valence-electron chi connectivity index (χ2n) is 5.41. The molecule has 1 aromatic carbocycles. The van der Waals surface area contributed by atoms with Crippen LogP contribution in [-0.2, 0) is 4.74 Å². The van der Waals surface area contributed by atoms with Crippen molar-refractivity contribution in [2.75, 3.05) is 25.5 Å². The van der Waals surface area contributed by atoms with Gasteiger partial charge in [-0.2, -0.15) is 0 Å². The minimum atomic E-state index is -0.919. The first-order valence-corrected chi connectivity index (χ1v) is 7.40. The second kappa shape index (κ2) is 7.62. The standard InChI is InChI=1S/C15H19FN4O4/c1-24-15(23)20-6-2-3-10(8-20)19-14(22)18-9-4-5-12(16)11(7-9)13(17)21/h4-5,7,10H,2-3,6,8H2,1H3,(H2,17,21)(H2,18,19,22)/t10-/m1/s1. The van der Waals surface area contributed by atoms with E-state index < -0.39 is 23.8 Å². The van der Waals surface area contributed by atoms with Crippen LogP contribution >= 0.6 is 0 Å². The molecule has 0 saturated carbocycles. The van der Waals surface area contributed by atoms with Crippen LogP contribution in [-0.4, -0.2) is 49.2 Å². The van der Waals surface area contributed by atoms with Crippen LogP contribution in [0.25, 0.3) is 0 Å². The molecule has 4 amide bonds. The number of benzene rings is 1. The number of nitrogens with two attached hydrogens (primary N) is 1. The van der Waals surface area contributed by atoms with E-state index in [-0.39, 0.29) is 17.3 Å². The number of ether oxygens (including phenoxy) is 1. The Morgan fingerprint density at radius 1 is 1.38 bits per heavy atom. The first-order valence-electron chi connectivity index (χ1n) is 7.40. The number of primary amides is 1. The molecule has 0 spiro atoms. The fourth-order valence-electron chi connectivity index (χ4n) is 2.53. The molecule has 0 aromatic heterocycles. The van der Waals surface area contributed by atoms with Crippen molar-refractivity contribution in [1.82, 2.24) is 10.2 Å². The van der Waals surface area contributed by atoms with Crippen molar-refractivity contribution < 1.29 is 23.5 Å². The maximum atomic E-state index is 13.4. The molecule has 0 bridgehead atoms. The van der Waals surface area contributed by atoms with Crippen molar-refractivity contribution in [3.05, 3.63) is 29.6 Å². The van der Waals surface area contributed by atoms with Gasteiger partial charge in [-0.3, -0.25) is 4.79 Å². The molecule has 1 atom stereocenters. The lowest BCUT2D eigenvalue weighted by atomic mass is 10.1. The van der Waals surface area contributed by atoms with Gasteiger partial charge in [0, 0.05) is 24.8 Å². The predicted octanol–water partition coefficient (Wildman–Crippen LogP) is 1.28. The van der Waals surface area contributed by atoms with E-state index in [0.29, 0.717) is 13.1 Å². The number of hydrogen-bond acceptors (Lipinski definition) is 4. The summed E-state index contributed by atoms with van der Waals surface area (Å²) in [7, 11) is 1.30. The Bertz CT molecular complexity index is 652. The smallest absolute Gasteiger partial charge is 0.409 e. The minimum Gasteiger partial charge on any atom is -0.453 e. The summed E-state index contributed by atoms with van der Waals surface area (Å²) < 4.78 is 18.1. The molecule has 1 aromatic rings. The molecule has 1 fully saturated rings. The van der Waals surface area contributed by atoms with Crippen molar-refractivity contribution in [3.63, 3.8) is 0 Å². The van der Waals surface area contributed by atoms with Crippen molar-refractivity contribution in [1.29, 1.82) is 0 Å². The zero-order valence-corrected chi connectivity index (χ0v) is 13.2. The van der Waals surface area contributed by atoms with Gasteiger partial charge in [0.05, 0.1) is 12.7 Å². The van der Waals surface area contributed by atoms with Crippen LogP contribution in [0.1, 0.15) is 23.2 Å². The second-order valence-corrected chi connectivity index (χ2v) is 5.41. The van der Waals surface area contributed by atoms with E-state index in [0.717, 1.165) is 18.9 Å². The lowest BCUT2D eigenvalue weighted by Gasteiger charge is -2.32. The third kappa shape index (κ3) is 4.34. The van der Waals surface area contributed by atoms with Crippen LogP contribution in [0.2, 0.25) is 0 Å². The topological polar surface area (TPSA) is 114 Å². The van der Waals surface area contributed by atoms with Gasteiger partial charge in [-0.25, -0.2) is 14.0 Å². The molecule has 1 heterocycles. The van der Waals surface area contributed by atoms with Crippen molar-refractivity contribution >= 4 is 23.7 Å². The number of carbonyl (C=O) groups excluding carboxylic acids is 3. The SMILES string of the molecule is COC(=O)N1CCC[C@@H](NC(=O)Nc2ccc(F)c(C(N)=O)c2)C1. The van der Waals surface area contributed by atoms with Crippen LogP contribution in [0.3, 0.4) is 0 Å². The molecule has 8 nitrogen and oxygen atoms in total. The highest BCUT2D eigenvalue weighted by Gasteiger charge is 2.25. The van der Waals surface area contributed by atoms with Crippen LogP contribution in [0, 0.1) is 5.82 Å². The number of amides is 4. The Balaban J connectivity index is 1.94. The number of methoxy groups -OCH3 is 1. The van der Waals surface area contributed by atoms with Crippen LogP contribution in [0.15, 0.2) is 18.2 Å². The number of halogens is 1. The molecule has 0 unspecified atom stereocenters. The van der Waals surface area contributed by atoms with Crippen LogP contribution in [0.5, 0.6) is 0 Å². The summed E-state index contributed by atoms with van der Waals surface area (Å²) in [5.41, 5.74) is 5.00. The lowest BCUT2D eigenvalue weighted by Crippen LogP contribution is -2.50. The molecule has 0 aliphatic carbocycles. The Morgan fingerprint density at radius 3 is 2.79 bits per heavy atom. The molecular weight excluding hydrogens is 319 g/mol. The molecule has 130 valence electrons. The summed E-state index contributed by atoms with van der Waals surface area (Å²) in [4.78, 5) is 36.2. The lowest BCUT2D eigenvalue weighted by molar-refractivity contribution is 0.0996. The molecular formula is C15H19FN4O4. The Hall–Kier alpha value is -2.84. The zero-order valence-electron chi connectivity index (χ0n) is 13.2. The number of rotatable bonds is 3.